The molecule has 5 heteroatoms. The highest BCUT2D eigenvalue weighted by Crippen LogP contribution is 2.39. The lowest BCUT2D eigenvalue weighted by molar-refractivity contribution is 0.449. The summed E-state index contributed by atoms with van der Waals surface area (Å²) in [5, 5.41) is 0. The van der Waals surface area contributed by atoms with Crippen LogP contribution in [0.25, 0.3) is 0 Å². The molecule has 0 heterocycles. The van der Waals surface area contributed by atoms with Gasteiger partial charge in [-0.25, -0.2) is 0 Å². The van der Waals surface area contributed by atoms with Gasteiger partial charge in [0.2, 0.25) is 0 Å². The molecule has 1 unspecified atom stereocenters. The molecule has 0 aliphatic rings. The molecule has 132 valence electrons. The van der Waals surface area contributed by atoms with Crippen molar-refractivity contribution in [2.45, 2.75) is 75.2 Å². The standard InChI is InChI=1S/C18H30O3S2/c1-2-3-4-5-6-7-8-9-13-16-18(22,23(19,20)21)17-14-11-10-12-15-17/h10-12,14-15,22H,2-9,13,16H2,1H3,(H,19,20,21). The van der Waals surface area contributed by atoms with E-state index in [1.54, 1.807) is 24.3 Å². The van der Waals surface area contributed by atoms with Crippen molar-refractivity contribution in [2.24, 2.45) is 0 Å². The number of hydrogen-bond acceptors (Lipinski definition) is 3. The Morgan fingerprint density at radius 1 is 0.913 bits per heavy atom. The smallest absolute Gasteiger partial charge is 0.284 e. The molecular weight excluding hydrogens is 328 g/mol. The number of unbranched alkanes of at least 4 members (excludes halogenated alkanes) is 8. The van der Waals surface area contributed by atoms with Gasteiger partial charge in [-0.3, -0.25) is 4.55 Å². The van der Waals surface area contributed by atoms with Gasteiger partial charge in [-0.2, -0.15) is 8.42 Å². The van der Waals surface area contributed by atoms with Gasteiger partial charge in [0, 0.05) is 0 Å². The molecule has 3 nitrogen and oxygen atoms in total. The van der Waals surface area contributed by atoms with Crippen molar-refractivity contribution >= 4 is 22.7 Å². The molecule has 0 aromatic heterocycles. The fourth-order valence-corrected chi connectivity index (χ4v) is 3.94. The Hall–Kier alpha value is -0.520. The van der Waals surface area contributed by atoms with E-state index in [1.807, 2.05) is 6.07 Å². The Kier molecular flexibility index (Phi) is 9.25. The molecule has 1 N–H and O–H groups in total. The highest BCUT2D eigenvalue weighted by molar-refractivity contribution is 8.02. The number of thiol groups is 1. The van der Waals surface area contributed by atoms with E-state index in [1.165, 1.54) is 38.5 Å². The van der Waals surface area contributed by atoms with E-state index in [2.05, 4.69) is 19.6 Å². The van der Waals surface area contributed by atoms with Crippen molar-refractivity contribution in [1.82, 2.24) is 0 Å². The van der Waals surface area contributed by atoms with E-state index in [4.69, 9.17) is 0 Å². The lowest BCUT2D eigenvalue weighted by atomic mass is 10.0. The molecule has 0 radical (unpaired) electrons. The number of rotatable bonds is 12. The molecule has 0 aliphatic carbocycles. The third-order valence-electron chi connectivity index (χ3n) is 4.27. The van der Waals surface area contributed by atoms with Gasteiger partial charge < -0.3 is 0 Å². The van der Waals surface area contributed by atoms with Crippen LogP contribution in [0.15, 0.2) is 30.3 Å². The Labute approximate surface area is 147 Å². The predicted molar refractivity (Wildman–Crippen MR) is 100 cm³/mol. The van der Waals surface area contributed by atoms with Gasteiger partial charge in [-0.15, -0.1) is 12.6 Å². The number of hydrogen-bond donors (Lipinski definition) is 2. The SMILES string of the molecule is CCCCCCCCCCCC(S)(c1ccccc1)S(=O)(=O)O. The Balaban J connectivity index is 2.40. The highest BCUT2D eigenvalue weighted by Gasteiger charge is 2.40. The quantitative estimate of drug-likeness (QED) is 0.291. The van der Waals surface area contributed by atoms with Gasteiger partial charge in [0.05, 0.1) is 0 Å². The van der Waals surface area contributed by atoms with Crippen LogP contribution < -0.4 is 0 Å². The van der Waals surface area contributed by atoms with E-state index in [0.717, 1.165) is 19.3 Å². The van der Waals surface area contributed by atoms with E-state index in [-0.39, 0.29) is 0 Å². The number of benzene rings is 1. The molecule has 0 saturated carbocycles. The second-order valence-electron chi connectivity index (χ2n) is 6.20. The Morgan fingerprint density at radius 3 is 1.87 bits per heavy atom. The van der Waals surface area contributed by atoms with Crippen molar-refractivity contribution in [1.29, 1.82) is 0 Å². The summed E-state index contributed by atoms with van der Waals surface area (Å²) >= 11 is 4.33. The van der Waals surface area contributed by atoms with Crippen LogP contribution in [-0.4, -0.2) is 13.0 Å². The van der Waals surface area contributed by atoms with E-state index in [0.29, 0.717) is 12.0 Å². The zero-order chi connectivity index (χ0) is 17.2. The van der Waals surface area contributed by atoms with Crippen LogP contribution in [0.1, 0.15) is 76.7 Å². The largest absolute Gasteiger partial charge is 0.284 e. The van der Waals surface area contributed by atoms with Gasteiger partial charge in [0.25, 0.3) is 10.1 Å². The minimum Gasteiger partial charge on any atom is -0.284 e. The molecule has 1 aromatic rings. The maximum Gasteiger partial charge on any atom is 0.284 e. The lowest BCUT2D eigenvalue weighted by Crippen LogP contribution is -2.29. The predicted octanol–water partition coefficient (Wildman–Crippen LogP) is 5.58. The summed E-state index contributed by atoms with van der Waals surface area (Å²) in [6, 6.07) is 8.76. The van der Waals surface area contributed by atoms with Gasteiger partial charge in [-0.1, -0.05) is 95.0 Å². The van der Waals surface area contributed by atoms with Crippen LogP contribution in [0.5, 0.6) is 0 Å². The maximum absolute atomic E-state index is 11.8. The average molecular weight is 359 g/mol. The summed E-state index contributed by atoms with van der Waals surface area (Å²) in [6.07, 6.45) is 10.8. The fourth-order valence-electron chi connectivity index (χ4n) is 2.80. The molecule has 0 spiro atoms. The summed E-state index contributed by atoms with van der Waals surface area (Å²) in [6.45, 7) is 2.21. The van der Waals surface area contributed by atoms with Crippen LogP contribution in [0.4, 0.5) is 0 Å². The van der Waals surface area contributed by atoms with Crippen molar-refractivity contribution in [3.63, 3.8) is 0 Å². The maximum atomic E-state index is 11.8. The van der Waals surface area contributed by atoms with Crippen molar-refractivity contribution < 1.29 is 13.0 Å². The zero-order valence-corrected chi connectivity index (χ0v) is 15.8. The Morgan fingerprint density at radius 2 is 1.39 bits per heavy atom. The minimum atomic E-state index is -4.26. The van der Waals surface area contributed by atoms with Crippen LogP contribution in [0, 0.1) is 0 Å². The van der Waals surface area contributed by atoms with Crippen LogP contribution in [-0.2, 0) is 14.2 Å². The molecular formula is C18H30O3S2. The van der Waals surface area contributed by atoms with Gasteiger partial charge in [0.15, 0.2) is 4.08 Å². The first-order chi connectivity index (χ1) is 10.9. The molecule has 1 atom stereocenters. The van der Waals surface area contributed by atoms with Crippen LogP contribution >= 0.6 is 12.6 Å². The highest BCUT2D eigenvalue weighted by atomic mass is 32.3. The first-order valence-corrected chi connectivity index (χ1v) is 10.6. The minimum absolute atomic E-state index is 0.328. The second kappa shape index (κ2) is 10.4. The van der Waals surface area contributed by atoms with E-state index < -0.39 is 14.2 Å². The molecule has 0 bridgehead atoms. The van der Waals surface area contributed by atoms with E-state index in [9.17, 15) is 13.0 Å². The Bertz CT molecular complexity index is 528. The fraction of sp³-hybridized carbons (Fsp3) is 0.667. The summed E-state index contributed by atoms with van der Waals surface area (Å²) in [4.78, 5) is 0. The van der Waals surface area contributed by atoms with Gasteiger partial charge in [-0.05, 0) is 12.0 Å². The zero-order valence-electron chi connectivity index (χ0n) is 14.1. The topological polar surface area (TPSA) is 54.4 Å². The molecule has 0 fully saturated rings. The molecule has 0 aliphatic heterocycles. The molecule has 1 rings (SSSR count). The average Bonchev–Trinajstić information content (AvgIpc) is 2.53. The molecule has 0 saturated heterocycles. The summed E-state index contributed by atoms with van der Waals surface area (Å²) < 4.78 is 31.7. The van der Waals surface area contributed by atoms with Gasteiger partial charge in [0.1, 0.15) is 0 Å². The summed E-state index contributed by atoms with van der Waals surface area (Å²) in [5.74, 6) is 0. The first-order valence-electron chi connectivity index (χ1n) is 8.66. The van der Waals surface area contributed by atoms with Gasteiger partial charge >= 0.3 is 0 Å². The normalized spacial score (nSPS) is 14.6. The molecule has 23 heavy (non-hydrogen) atoms. The third-order valence-corrected chi connectivity index (χ3v) is 6.74. The monoisotopic (exact) mass is 358 g/mol. The van der Waals surface area contributed by atoms with Crippen LogP contribution in [0.3, 0.4) is 0 Å². The van der Waals surface area contributed by atoms with Crippen molar-refractivity contribution in [3.05, 3.63) is 35.9 Å². The van der Waals surface area contributed by atoms with E-state index >= 15 is 0 Å². The summed E-state index contributed by atoms with van der Waals surface area (Å²) in [5.41, 5.74) is 0.533. The first kappa shape index (κ1) is 20.5. The molecule has 0 amide bonds. The van der Waals surface area contributed by atoms with Crippen molar-refractivity contribution in [2.75, 3.05) is 0 Å². The second-order valence-corrected chi connectivity index (χ2v) is 8.92. The van der Waals surface area contributed by atoms with Crippen LogP contribution in [0.2, 0.25) is 0 Å². The lowest BCUT2D eigenvalue weighted by Gasteiger charge is -2.25. The summed E-state index contributed by atoms with van der Waals surface area (Å²) in [7, 11) is -4.26. The van der Waals surface area contributed by atoms with Crippen molar-refractivity contribution in [3.8, 4) is 0 Å². The molecule has 1 aromatic carbocycles. The third kappa shape index (κ3) is 6.86.